The highest BCUT2D eigenvalue weighted by molar-refractivity contribution is 5.24. The highest BCUT2D eigenvalue weighted by Gasteiger charge is 2.16. The zero-order valence-electron chi connectivity index (χ0n) is 13.4. The van der Waals surface area contributed by atoms with E-state index in [9.17, 15) is 5.11 Å². The Balaban J connectivity index is 2.45. The summed E-state index contributed by atoms with van der Waals surface area (Å²) >= 11 is 0. The lowest BCUT2D eigenvalue weighted by molar-refractivity contribution is 0.0207. The third-order valence-electron chi connectivity index (χ3n) is 3.45. The number of hydrogen-bond acceptors (Lipinski definition) is 3. The first kappa shape index (κ1) is 17.2. The van der Waals surface area contributed by atoms with Crippen LogP contribution >= 0.6 is 0 Å². The Labute approximate surface area is 123 Å². The van der Waals surface area contributed by atoms with Crippen LogP contribution in [0.3, 0.4) is 0 Å². The van der Waals surface area contributed by atoms with Gasteiger partial charge in [-0.3, -0.25) is 0 Å². The Morgan fingerprint density at radius 3 is 2.30 bits per heavy atom. The largest absolute Gasteiger partial charge is 0.387 e. The van der Waals surface area contributed by atoms with E-state index < -0.39 is 6.10 Å². The monoisotopic (exact) mass is 279 g/mol. The Morgan fingerprint density at radius 2 is 1.80 bits per heavy atom. The first-order valence-corrected chi connectivity index (χ1v) is 7.37. The minimum atomic E-state index is -0.476. The molecule has 2 N–H and O–H groups in total. The molecule has 1 aromatic carbocycles. The van der Waals surface area contributed by atoms with Crippen LogP contribution in [0.2, 0.25) is 0 Å². The number of methoxy groups -OCH3 is 1. The smallest absolute Gasteiger partial charge is 0.0914 e. The van der Waals surface area contributed by atoms with Crippen LogP contribution in [0.4, 0.5) is 0 Å². The number of aliphatic hydroxyl groups excluding tert-OH is 1. The van der Waals surface area contributed by atoms with Crippen molar-refractivity contribution in [3.8, 4) is 0 Å². The molecule has 0 amide bonds. The van der Waals surface area contributed by atoms with Crippen LogP contribution in [0, 0.1) is 5.92 Å². The fraction of sp³-hybridized carbons (Fsp3) is 0.647. The standard InChI is InChI=1S/C17H29NO2/c1-13(2)10-14-6-8-15(9-7-14)16(19)11-18-12-17(3,4)20-5/h6-9,13,16,18-19H,10-12H2,1-5H3. The van der Waals surface area contributed by atoms with E-state index >= 15 is 0 Å². The van der Waals surface area contributed by atoms with Gasteiger partial charge < -0.3 is 15.2 Å². The lowest BCUT2D eigenvalue weighted by atomic mass is 10.00. The van der Waals surface area contributed by atoms with Crippen molar-refractivity contribution in [1.82, 2.24) is 5.32 Å². The van der Waals surface area contributed by atoms with Crippen LogP contribution in [-0.2, 0) is 11.2 Å². The van der Waals surface area contributed by atoms with Crippen LogP contribution in [-0.4, -0.2) is 30.9 Å². The summed E-state index contributed by atoms with van der Waals surface area (Å²) in [6.45, 7) is 9.72. The van der Waals surface area contributed by atoms with Gasteiger partial charge >= 0.3 is 0 Å². The summed E-state index contributed by atoms with van der Waals surface area (Å²) in [5.74, 6) is 0.656. The number of ether oxygens (including phenoxy) is 1. The van der Waals surface area contributed by atoms with Gasteiger partial charge in [-0.15, -0.1) is 0 Å². The van der Waals surface area contributed by atoms with Crippen molar-refractivity contribution in [3.63, 3.8) is 0 Å². The van der Waals surface area contributed by atoms with E-state index in [1.807, 2.05) is 26.0 Å². The molecule has 0 aliphatic rings. The van der Waals surface area contributed by atoms with Crippen molar-refractivity contribution in [1.29, 1.82) is 0 Å². The van der Waals surface area contributed by atoms with E-state index in [2.05, 4.69) is 31.3 Å². The molecule has 114 valence electrons. The predicted molar refractivity (Wildman–Crippen MR) is 83.9 cm³/mol. The highest BCUT2D eigenvalue weighted by atomic mass is 16.5. The SMILES string of the molecule is COC(C)(C)CNCC(O)c1ccc(CC(C)C)cc1. The maximum absolute atomic E-state index is 10.2. The van der Waals surface area contributed by atoms with Gasteiger partial charge in [0.1, 0.15) is 0 Å². The van der Waals surface area contributed by atoms with E-state index in [1.54, 1.807) is 7.11 Å². The molecule has 0 spiro atoms. The maximum Gasteiger partial charge on any atom is 0.0914 e. The summed E-state index contributed by atoms with van der Waals surface area (Å²) < 4.78 is 5.33. The summed E-state index contributed by atoms with van der Waals surface area (Å²) in [4.78, 5) is 0. The molecule has 0 saturated carbocycles. The van der Waals surface area contributed by atoms with Crippen LogP contribution in [0.15, 0.2) is 24.3 Å². The summed E-state index contributed by atoms with van der Waals surface area (Å²) in [5, 5.41) is 13.4. The molecule has 20 heavy (non-hydrogen) atoms. The third-order valence-corrected chi connectivity index (χ3v) is 3.45. The van der Waals surface area contributed by atoms with Gasteiger partial charge in [0.15, 0.2) is 0 Å². The Bertz CT molecular complexity index is 384. The molecule has 0 aromatic heterocycles. The number of aliphatic hydroxyl groups is 1. The van der Waals surface area contributed by atoms with E-state index in [0.29, 0.717) is 19.0 Å². The van der Waals surface area contributed by atoms with Crippen LogP contribution in [0.1, 0.15) is 44.9 Å². The molecule has 0 aliphatic carbocycles. The molecule has 0 bridgehead atoms. The van der Waals surface area contributed by atoms with E-state index in [0.717, 1.165) is 12.0 Å². The molecule has 3 heteroatoms. The van der Waals surface area contributed by atoms with Gasteiger partial charge in [0.2, 0.25) is 0 Å². The number of nitrogens with one attached hydrogen (secondary N) is 1. The normalized spacial score (nSPS) is 13.8. The summed E-state index contributed by atoms with van der Waals surface area (Å²) in [6, 6.07) is 8.26. The molecular weight excluding hydrogens is 250 g/mol. The van der Waals surface area contributed by atoms with Crippen molar-refractivity contribution < 1.29 is 9.84 Å². The van der Waals surface area contributed by atoms with Gasteiger partial charge in [0, 0.05) is 20.2 Å². The Hall–Kier alpha value is -0.900. The van der Waals surface area contributed by atoms with Gasteiger partial charge in [-0.25, -0.2) is 0 Å². The second-order valence-corrected chi connectivity index (χ2v) is 6.45. The summed E-state index contributed by atoms with van der Waals surface area (Å²) in [7, 11) is 1.70. The molecular formula is C17H29NO2. The quantitative estimate of drug-likeness (QED) is 0.769. The second kappa shape index (κ2) is 7.77. The first-order chi connectivity index (χ1) is 9.34. The molecule has 0 aliphatic heterocycles. The first-order valence-electron chi connectivity index (χ1n) is 7.37. The molecule has 3 nitrogen and oxygen atoms in total. The van der Waals surface area contributed by atoms with Crippen molar-refractivity contribution in [2.75, 3.05) is 20.2 Å². The molecule has 0 fully saturated rings. The third kappa shape index (κ3) is 6.04. The topological polar surface area (TPSA) is 41.5 Å². The lowest BCUT2D eigenvalue weighted by Crippen LogP contribution is -2.38. The van der Waals surface area contributed by atoms with Gasteiger partial charge in [0.05, 0.1) is 11.7 Å². The van der Waals surface area contributed by atoms with E-state index in [4.69, 9.17) is 4.74 Å². The molecule has 1 atom stereocenters. The minimum absolute atomic E-state index is 0.207. The van der Waals surface area contributed by atoms with Crippen LogP contribution in [0.25, 0.3) is 0 Å². The van der Waals surface area contributed by atoms with Gasteiger partial charge in [-0.05, 0) is 37.3 Å². The van der Waals surface area contributed by atoms with E-state index in [-0.39, 0.29) is 5.60 Å². The summed E-state index contributed by atoms with van der Waals surface area (Å²) in [5.41, 5.74) is 2.07. The molecule has 1 aromatic rings. The maximum atomic E-state index is 10.2. The highest BCUT2D eigenvalue weighted by Crippen LogP contribution is 2.15. The zero-order chi connectivity index (χ0) is 15.2. The molecule has 1 unspecified atom stereocenters. The fourth-order valence-electron chi connectivity index (χ4n) is 2.05. The summed E-state index contributed by atoms with van der Waals surface area (Å²) in [6.07, 6.45) is 0.604. The second-order valence-electron chi connectivity index (χ2n) is 6.45. The van der Waals surface area contributed by atoms with Gasteiger partial charge in [0.25, 0.3) is 0 Å². The van der Waals surface area contributed by atoms with Crippen molar-refractivity contribution in [3.05, 3.63) is 35.4 Å². The predicted octanol–water partition coefficient (Wildman–Crippen LogP) is 2.93. The lowest BCUT2D eigenvalue weighted by Gasteiger charge is -2.24. The van der Waals surface area contributed by atoms with Gasteiger partial charge in [-0.1, -0.05) is 38.1 Å². The molecule has 0 heterocycles. The average Bonchev–Trinajstić information content (AvgIpc) is 2.38. The fourth-order valence-corrected chi connectivity index (χ4v) is 2.05. The molecule has 1 rings (SSSR count). The van der Waals surface area contributed by atoms with Crippen molar-refractivity contribution in [2.24, 2.45) is 5.92 Å². The minimum Gasteiger partial charge on any atom is -0.387 e. The average molecular weight is 279 g/mol. The van der Waals surface area contributed by atoms with Crippen LogP contribution in [0.5, 0.6) is 0 Å². The van der Waals surface area contributed by atoms with E-state index in [1.165, 1.54) is 5.56 Å². The molecule has 0 radical (unpaired) electrons. The Kier molecular flexibility index (Phi) is 6.66. The number of hydrogen-bond donors (Lipinski definition) is 2. The van der Waals surface area contributed by atoms with Crippen LogP contribution < -0.4 is 5.32 Å². The van der Waals surface area contributed by atoms with Crippen molar-refractivity contribution >= 4 is 0 Å². The Morgan fingerprint density at radius 1 is 1.20 bits per heavy atom. The van der Waals surface area contributed by atoms with Gasteiger partial charge in [-0.2, -0.15) is 0 Å². The number of rotatable bonds is 8. The number of benzene rings is 1. The van der Waals surface area contributed by atoms with Crippen molar-refractivity contribution in [2.45, 2.75) is 45.8 Å². The zero-order valence-corrected chi connectivity index (χ0v) is 13.4. The molecule has 0 saturated heterocycles.